The van der Waals surface area contributed by atoms with E-state index in [4.69, 9.17) is 16.7 Å². The quantitative estimate of drug-likeness (QED) is 0.601. The van der Waals surface area contributed by atoms with Crippen LogP contribution in [0.15, 0.2) is 26.2 Å². The highest BCUT2D eigenvalue weighted by Crippen LogP contribution is 2.30. The Morgan fingerprint density at radius 1 is 1.39 bits per heavy atom. The van der Waals surface area contributed by atoms with E-state index in [9.17, 15) is 9.59 Å². The Hall–Kier alpha value is -0.920. The minimum atomic E-state index is -1.13. The maximum atomic E-state index is 11.1. The number of aromatic carboxylic acids is 1. The Morgan fingerprint density at radius 3 is 2.50 bits per heavy atom. The average Bonchev–Trinajstić information content (AvgIpc) is 2.26. The first kappa shape index (κ1) is 15.1. The summed E-state index contributed by atoms with van der Waals surface area (Å²) in [6.45, 7) is 1.25. The van der Waals surface area contributed by atoms with E-state index in [-0.39, 0.29) is 16.4 Å². The van der Waals surface area contributed by atoms with Gasteiger partial charge in [-0.2, -0.15) is 5.10 Å². The van der Waals surface area contributed by atoms with Gasteiger partial charge >= 0.3 is 5.97 Å². The van der Waals surface area contributed by atoms with Gasteiger partial charge in [0.25, 0.3) is 0 Å². The van der Waals surface area contributed by atoms with Crippen LogP contribution in [0, 0.1) is 0 Å². The van der Waals surface area contributed by atoms with Crippen LogP contribution in [-0.4, -0.2) is 22.0 Å². The first-order chi connectivity index (χ1) is 8.32. The summed E-state index contributed by atoms with van der Waals surface area (Å²) in [7, 11) is 0. The molecular formula is C10H7Br2ClN2O3. The first-order valence-electron chi connectivity index (χ1n) is 4.55. The van der Waals surface area contributed by atoms with E-state index in [2.05, 4.69) is 42.4 Å². The number of halogens is 3. The number of hydrogen-bond donors (Lipinski definition) is 2. The summed E-state index contributed by atoms with van der Waals surface area (Å²) < 4.78 is 1.07. The van der Waals surface area contributed by atoms with Gasteiger partial charge in [-0.3, -0.25) is 10.2 Å². The fourth-order valence-electron chi connectivity index (χ4n) is 1.04. The number of benzene rings is 1. The molecule has 0 aliphatic heterocycles. The number of ketones is 1. The van der Waals surface area contributed by atoms with Gasteiger partial charge in [-0.15, -0.1) is 0 Å². The number of carbonyl (C=O) groups excluding carboxylic acids is 1. The summed E-state index contributed by atoms with van der Waals surface area (Å²) in [5, 5.41) is 12.4. The highest BCUT2D eigenvalue weighted by molar-refractivity contribution is 9.11. The van der Waals surface area contributed by atoms with E-state index in [0.29, 0.717) is 8.95 Å². The van der Waals surface area contributed by atoms with E-state index in [1.165, 1.54) is 13.0 Å². The topological polar surface area (TPSA) is 78.8 Å². The monoisotopic (exact) mass is 396 g/mol. The summed E-state index contributed by atoms with van der Waals surface area (Å²) in [5.41, 5.74) is 2.66. The molecule has 96 valence electrons. The fraction of sp³-hybridized carbons (Fsp3) is 0.100. The molecule has 0 spiro atoms. The molecule has 0 saturated carbocycles. The number of carboxylic acids is 1. The van der Waals surface area contributed by atoms with Crippen molar-refractivity contribution in [3.05, 3.63) is 26.6 Å². The first-order valence-corrected chi connectivity index (χ1v) is 6.51. The Kier molecular flexibility index (Phi) is 5.30. The maximum Gasteiger partial charge on any atom is 0.337 e. The average molecular weight is 398 g/mol. The lowest BCUT2D eigenvalue weighted by Crippen LogP contribution is -2.08. The Morgan fingerprint density at radius 2 is 2.00 bits per heavy atom. The summed E-state index contributed by atoms with van der Waals surface area (Å²) in [6, 6.07) is 3.05. The molecule has 0 radical (unpaired) electrons. The maximum absolute atomic E-state index is 11.1. The summed E-state index contributed by atoms with van der Waals surface area (Å²) in [6.07, 6.45) is 0. The number of carboxylic acid groups (broad SMARTS) is 1. The molecule has 2 N–H and O–H groups in total. The minimum absolute atomic E-state index is 0.00646. The molecule has 0 atom stereocenters. The van der Waals surface area contributed by atoms with Crippen LogP contribution in [0.5, 0.6) is 0 Å². The second-order valence-corrected chi connectivity index (χ2v) is 5.31. The highest BCUT2D eigenvalue weighted by atomic mass is 79.9. The molecule has 5 nitrogen and oxygen atoms in total. The minimum Gasteiger partial charge on any atom is -0.478 e. The Labute approximate surface area is 124 Å². The van der Waals surface area contributed by atoms with Crippen LogP contribution in [-0.2, 0) is 4.79 Å². The van der Waals surface area contributed by atoms with Crippen molar-refractivity contribution in [3.8, 4) is 0 Å². The zero-order valence-corrected chi connectivity index (χ0v) is 12.9. The predicted octanol–water partition coefficient (Wildman–Crippen LogP) is 3.46. The van der Waals surface area contributed by atoms with Crippen molar-refractivity contribution in [1.29, 1.82) is 0 Å². The van der Waals surface area contributed by atoms with Crippen molar-refractivity contribution in [1.82, 2.24) is 0 Å². The van der Waals surface area contributed by atoms with Crippen molar-refractivity contribution >= 4 is 66.1 Å². The molecule has 1 aromatic carbocycles. The van der Waals surface area contributed by atoms with E-state index < -0.39 is 11.8 Å². The van der Waals surface area contributed by atoms with Crippen LogP contribution in [0.25, 0.3) is 0 Å². The Balaban J connectivity index is 3.20. The standard InChI is InChI=1S/C10H7Br2ClN2O3/c1-4(16)9(13)15-14-8-6(10(17)18)2-5(11)3-7(8)12/h2-3,14H,1H3,(H,17,18)/b15-9+. The van der Waals surface area contributed by atoms with Crippen LogP contribution in [0.4, 0.5) is 5.69 Å². The molecule has 0 aliphatic carbocycles. The van der Waals surface area contributed by atoms with Crippen LogP contribution in [0.3, 0.4) is 0 Å². The summed E-state index contributed by atoms with van der Waals surface area (Å²) in [5.74, 6) is -1.55. The molecule has 18 heavy (non-hydrogen) atoms. The lowest BCUT2D eigenvalue weighted by atomic mass is 10.2. The zero-order chi connectivity index (χ0) is 13.9. The van der Waals surface area contributed by atoms with Gasteiger partial charge in [0.15, 0.2) is 11.0 Å². The number of Topliss-reactive ketones (excluding diaryl/α,β-unsaturated/α-hetero) is 1. The van der Waals surface area contributed by atoms with Gasteiger partial charge < -0.3 is 5.11 Å². The lowest BCUT2D eigenvalue weighted by Gasteiger charge is -2.08. The van der Waals surface area contributed by atoms with Crippen LogP contribution in [0.2, 0.25) is 0 Å². The molecule has 8 heteroatoms. The largest absolute Gasteiger partial charge is 0.478 e. The number of carbonyl (C=O) groups is 2. The van der Waals surface area contributed by atoms with Gasteiger partial charge in [0.05, 0.1) is 11.3 Å². The number of rotatable bonds is 4. The lowest BCUT2D eigenvalue weighted by molar-refractivity contribution is -0.110. The summed E-state index contributed by atoms with van der Waals surface area (Å²) >= 11 is 11.9. The molecule has 0 heterocycles. The van der Waals surface area contributed by atoms with E-state index in [1.807, 2.05) is 0 Å². The molecule has 0 aliphatic rings. The van der Waals surface area contributed by atoms with Gasteiger partial charge in [0.2, 0.25) is 0 Å². The number of anilines is 1. The van der Waals surface area contributed by atoms with Crippen molar-refractivity contribution in [2.24, 2.45) is 5.10 Å². The smallest absolute Gasteiger partial charge is 0.337 e. The van der Waals surface area contributed by atoms with Crippen LogP contribution in [0.1, 0.15) is 17.3 Å². The van der Waals surface area contributed by atoms with Gasteiger partial charge in [-0.1, -0.05) is 27.5 Å². The molecular weight excluding hydrogens is 391 g/mol. The van der Waals surface area contributed by atoms with Crippen molar-refractivity contribution in [2.75, 3.05) is 5.43 Å². The molecule has 0 unspecified atom stereocenters. The molecule has 1 aromatic rings. The number of nitrogens with one attached hydrogen (secondary N) is 1. The fourth-order valence-corrected chi connectivity index (χ4v) is 2.40. The van der Waals surface area contributed by atoms with Gasteiger partial charge in [-0.05, 0) is 28.1 Å². The SMILES string of the molecule is CC(=O)/C(Cl)=N\Nc1c(Br)cc(Br)cc1C(=O)O. The number of hydrogen-bond acceptors (Lipinski definition) is 4. The third-order valence-electron chi connectivity index (χ3n) is 1.84. The molecule has 0 aromatic heterocycles. The molecule has 0 amide bonds. The number of nitrogens with zero attached hydrogens (tertiary/aromatic N) is 1. The van der Waals surface area contributed by atoms with E-state index in [0.717, 1.165) is 0 Å². The molecule has 0 fully saturated rings. The third-order valence-corrected chi connectivity index (χ3v) is 3.28. The Bertz CT molecular complexity index is 546. The van der Waals surface area contributed by atoms with Crippen LogP contribution < -0.4 is 5.43 Å². The number of hydrazone groups is 1. The van der Waals surface area contributed by atoms with E-state index in [1.54, 1.807) is 6.07 Å². The second kappa shape index (κ2) is 6.31. The molecule has 0 saturated heterocycles. The van der Waals surface area contributed by atoms with Crippen molar-refractivity contribution in [3.63, 3.8) is 0 Å². The third kappa shape index (κ3) is 3.79. The zero-order valence-electron chi connectivity index (χ0n) is 9.00. The van der Waals surface area contributed by atoms with Crippen molar-refractivity contribution in [2.45, 2.75) is 6.92 Å². The predicted molar refractivity (Wildman–Crippen MR) is 76.4 cm³/mol. The van der Waals surface area contributed by atoms with Gasteiger partial charge in [0.1, 0.15) is 0 Å². The van der Waals surface area contributed by atoms with E-state index >= 15 is 0 Å². The molecule has 0 bridgehead atoms. The van der Waals surface area contributed by atoms with Gasteiger partial charge in [-0.25, -0.2) is 4.79 Å². The highest BCUT2D eigenvalue weighted by Gasteiger charge is 2.14. The molecule has 1 rings (SSSR count). The second-order valence-electron chi connectivity index (χ2n) is 3.19. The van der Waals surface area contributed by atoms with Gasteiger partial charge in [0, 0.05) is 15.9 Å². The summed E-state index contributed by atoms with van der Waals surface area (Å²) in [4.78, 5) is 22.0. The normalized spacial score (nSPS) is 11.2. The van der Waals surface area contributed by atoms with Crippen molar-refractivity contribution < 1.29 is 14.7 Å². The van der Waals surface area contributed by atoms with Crippen LogP contribution >= 0.6 is 43.5 Å².